The first kappa shape index (κ1) is 8.61. The molecule has 0 N–H and O–H groups in total. The highest BCUT2D eigenvalue weighted by Gasteiger charge is 2.61. The van der Waals surface area contributed by atoms with E-state index in [9.17, 15) is 0 Å². The first-order valence-corrected chi connectivity index (χ1v) is 6.65. The average Bonchev–Trinajstić information content (AvgIpc) is 2.94. The van der Waals surface area contributed by atoms with Crippen LogP contribution in [-0.2, 0) is 0 Å². The second-order valence-electron chi connectivity index (χ2n) is 6.19. The molecule has 0 aromatic heterocycles. The van der Waals surface area contributed by atoms with E-state index >= 15 is 0 Å². The number of hydrogen-bond acceptors (Lipinski definition) is 0. The Balaban J connectivity index is 1.80. The lowest BCUT2D eigenvalue weighted by Gasteiger charge is -2.37. The largest absolute Gasteiger partial charge is 0.0879 e. The van der Waals surface area contributed by atoms with Crippen LogP contribution in [0.2, 0.25) is 0 Å². The fourth-order valence-electron chi connectivity index (χ4n) is 5.63. The molecule has 0 heteroatoms. The monoisotopic (exact) mass is 200 g/mol. The second-order valence-corrected chi connectivity index (χ2v) is 6.19. The molecular weight excluding hydrogens is 180 g/mol. The summed E-state index contributed by atoms with van der Waals surface area (Å²) in [7, 11) is 0. The molecule has 7 atom stereocenters. The van der Waals surface area contributed by atoms with Gasteiger partial charge in [0.05, 0.1) is 0 Å². The highest BCUT2D eigenvalue weighted by Crippen LogP contribution is 2.68. The highest BCUT2D eigenvalue weighted by atomic mass is 14.7. The Labute approximate surface area is 92.4 Å². The van der Waals surface area contributed by atoms with Crippen molar-refractivity contribution >= 4 is 0 Å². The van der Waals surface area contributed by atoms with Gasteiger partial charge in [-0.15, -0.1) is 0 Å². The molecule has 0 aromatic carbocycles. The zero-order valence-electron chi connectivity index (χ0n) is 9.69. The summed E-state index contributed by atoms with van der Waals surface area (Å²) in [5, 5.41) is 0. The summed E-state index contributed by atoms with van der Waals surface area (Å²) in [5.41, 5.74) is 1.81. The lowest BCUT2D eigenvalue weighted by molar-refractivity contribution is 0.203. The Bertz CT molecular complexity index is 362. The normalized spacial score (nSPS) is 62.0. The van der Waals surface area contributed by atoms with Gasteiger partial charge in [0.1, 0.15) is 0 Å². The van der Waals surface area contributed by atoms with Crippen LogP contribution in [0, 0.1) is 41.4 Å². The predicted molar refractivity (Wildman–Crippen MR) is 62.2 cm³/mol. The molecule has 0 nitrogen and oxygen atoms in total. The fraction of sp³-hybridized carbons (Fsp3) is 0.733. The van der Waals surface area contributed by atoms with Gasteiger partial charge in [0.25, 0.3) is 0 Å². The summed E-state index contributed by atoms with van der Waals surface area (Å²) in [6, 6.07) is 0. The highest BCUT2D eigenvalue weighted by molar-refractivity contribution is 5.30. The van der Waals surface area contributed by atoms with Crippen LogP contribution in [0.4, 0.5) is 0 Å². The Morgan fingerprint density at radius 3 is 2.60 bits per heavy atom. The van der Waals surface area contributed by atoms with Gasteiger partial charge < -0.3 is 0 Å². The number of hydrogen-bond donors (Lipinski definition) is 0. The zero-order chi connectivity index (χ0) is 10.2. The maximum Gasteiger partial charge on any atom is -0.0161 e. The molecule has 0 radical (unpaired) electrons. The van der Waals surface area contributed by atoms with Crippen LogP contribution in [0.1, 0.15) is 26.7 Å². The van der Waals surface area contributed by atoms with Gasteiger partial charge in [0, 0.05) is 0 Å². The minimum atomic E-state index is 0.897. The average molecular weight is 200 g/mol. The van der Waals surface area contributed by atoms with E-state index in [2.05, 4.69) is 32.1 Å². The molecule has 4 aliphatic carbocycles. The number of fused-ring (bicyclic) bond motifs is 9. The first-order valence-electron chi connectivity index (χ1n) is 6.65. The van der Waals surface area contributed by atoms with Crippen molar-refractivity contribution in [1.82, 2.24) is 0 Å². The van der Waals surface area contributed by atoms with Crippen molar-refractivity contribution in [3.8, 4) is 0 Å². The number of rotatable bonds is 0. The van der Waals surface area contributed by atoms with Crippen LogP contribution >= 0.6 is 0 Å². The molecule has 4 bridgehead atoms. The van der Waals surface area contributed by atoms with Gasteiger partial charge in [-0.2, -0.15) is 0 Å². The third-order valence-electron chi connectivity index (χ3n) is 6.00. The molecule has 4 aliphatic rings. The maximum absolute atomic E-state index is 2.54. The van der Waals surface area contributed by atoms with Gasteiger partial charge in [0.2, 0.25) is 0 Å². The molecule has 15 heavy (non-hydrogen) atoms. The lowest BCUT2D eigenvalue weighted by atomic mass is 9.68. The topological polar surface area (TPSA) is 0 Å². The molecular formula is C15H20. The van der Waals surface area contributed by atoms with Gasteiger partial charge >= 0.3 is 0 Å². The summed E-state index contributed by atoms with van der Waals surface area (Å²) >= 11 is 0. The molecule has 0 saturated heterocycles. The van der Waals surface area contributed by atoms with E-state index in [4.69, 9.17) is 0 Å². The maximum atomic E-state index is 2.54. The third kappa shape index (κ3) is 0.822. The zero-order valence-corrected chi connectivity index (χ0v) is 9.69. The van der Waals surface area contributed by atoms with Gasteiger partial charge in [0.15, 0.2) is 0 Å². The molecule has 0 amide bonds. The molecule has 7 unspecified atom stereocenters. The summed E-state index contributed by atoms with van der Waals surface area (Å²) in [6.07, 6.45) is 10.5. The molecule has 3 fully saturated rings. The summed E-state index contributed by atoms with van der Waals surface area (Å²) in [6.45, 7) is 4.73. The van der Waals surface area contributed by atoms with Crippen LogP contribution in [0.25, 0.3) is 0 Å². The quantitative estimate of drug-likeness (QED) is 0.413. The van der Waals surface area contributed by atoms with E-state index in [1.54, 1.807) is 0 Å². The van der Waals surface area contributed by atoms with Gasteiger partial charge in [-0.1, -0.05) is 30.7 Å². The summed E-state index contributed by atoms with van der Waals surface area (Å²) in [4.78, 5) is 0. The summed E-state index contributed by atoms with van der Waals surface area (Å²) < 4.78 is 0. The predicted octanol–water partition coefficient (Wildman–Crippen LogP) is 3.66. The van der Waals surface area contributed by atoms with Gasteiger partial charge in [-0.05, 0) is 61.2 Å². The van der Waals surface area contributed by atoms with Crippen molar-refractivity contribution in [2.24, 2.45) is 41.4 Å². The van der Waals surface area contributed by atoms with Gasteiger partial charge in [-0.25, -0.2) is 0 Å². The van der Waals surface area contributed by atoms with Crippen molar-refractivity contribution in [2.75, 3.05) is 0 Å². The number of allylic oxidation sites excluding steroid dienone is 4. The first-order chi connectivity index (χ1) is 7.31. The molecule has 4 rings (SSSR count). The van der Waals surface area contributed by atoms with Gasteiger partial charge in [-0.3, -0.25) is 0 Å². The SMILES string of the molecule is C/C=C1/C(C)C2CC1C1C3C=CC(C3)C21. The van der Waals surface area contributed by atoms with E-state index in [0.717, 1.165) is 41.4 Å². The van der Waals surface area contributed by atoms with E-state index in [1.807, 2.05) is 5.57 Å². The second kappa shape index (κ2) is 2.59. The van der Waals surface area contributed by atoms with Crippen LogP contribution < -0.4 is 0 Å². The fourth-order valence-corrected chi connectivity index (χ4v) is 5.63. The Kier molecular flexibility index (Phi) is 1.49. The van der Waals surface area contributed by atoms with Crippen molar-refractivity contribution in [3.63, 3.8) is 0 Å². The Morgan fingerprint density at radius 1 is 1.13 bits per heavy atom. The van der Waals surface area contributed by atoms with Crippen LogP contribution in [-0.4, -0.2) is 0 Å². The molecule has 80 valence electrons. The summed E-state index contributed by atoms with van der Waals surface area (Å²) in [5.74, 6) is 6.95. The lowest BCUT2D eigenvalue weighted by Crippen LogP contribution is -2.31. The molecule has 3 saturated carbocycles. The third-order valence-corrected chi connectivity index (χ3v) is 6.00. The molecule has 0 aromatic rings. The van der Waals surface area contributed by atoms with Crippen LogP contribution in [0.15, 0.2) is 23.8 Å². The molecule has 0 spiro atoms. The van der Waals surface area contributed by atoms with Crippen molar-refractivity contribution < 1.29 is 0 Å². The van der Waals surface area contributed by atoms with E-state index in [0.29, 0.717) is 0 Å². The van der Waals surface area contributed by atoms with E-state index in [1.165, 1.54) is 12.8 Å². The Hall–Kier alpha value is -0.520. The smallest absolute Gasteiger partial charge is 0.0161 e. The van der Waals surface area contributed by atoms with Crippen molar-refractivity contribution in [1.29, 1.82) is 0 Å². The van der Waals surface area contributed by atoms with Crippen molar-refractivity contribution in [3.05, 3.63) is 23.8 Å². The molecule has 0 aliphatic heterocycles. The Morgan fingerprint density at radius 2 is 1.87 bits per heavy atom. The standard InChI is InChI=1S/C15H20/c1-3-11-8(2)12-7-13(11)15-10-5-4-9(6-10)14(12)15/h3-5,8-10,12-15H,6-7H2,1-2H3/b11-3-. The molecule has 0 heterocycles. The minimum Gasteiger partial charge on any atom is -0.0879 e. The van der Waals surface area contributed by atoms with E-state index < -0.39 is 0 Å². The minimum absolute atomic E-state index is 0.897. The van der Waals surface area contributed by atoms with Crippen LogP contribution in [0.5, 0.6) is 0 Å². The van der Waals surface area contributed by atoms with E-state index in [-0.39, 0.29) is 0 Å². The van der Waals surface area contributed by atoms with Crippen molar-refractivity contribution in [2.45, 2.75) is 26.7 Å². The van der Waals surface area contributed by atoms with Crippen LogP contribution in [0.3, 0.4) is 0 Å².